The van der Waals surface area contributed by atoms with Crippen molar-refractivity contribution in [2.75, 3.05) is 19.2 Å². The first kappa shape index (κ1) is 27.7. The summed E-state index contributed by atoms with van der Waals surface area (Å²) in [4.78, 5) is 35.4. The Kier molecular flexibility index (Phi) is 12.8. The average molecular weight is 419 g/mol. The number of hydrogen-bond acceptors (Lipinski definition) is 8. The van der Waals surface area contributed by atoms with Crippen LogP contribution in [-0.2, 0) is 38.7 Å². The Balaban J connectivity index is 0. The summed E-state index contributed by atoms with van der Waals surface area (Å²) in [5.74, 6) is -3.97. The summed E-state index contributed by atoms with van der Waals surface area (Å²) in [6, 6.07) is 0. The van der Waals surface area contributed by atoms with Crippen molar-refractivity contribution in [3.05, 3.63) is 24.3 Å². The molecule has 0 amide bonds. The first-order valence-electron chi connectivity index (χ1n) is 7.12. The molecule has 0 spiro atoms. The van der Waals surface area contributed by atoms with Gasteiger partial charge < -0.3 is 14.2 Å². The van der Waals surface area contributed by atoms with E-state index in [2.05, 4.69) is 17.9 Å². The summed E-state index contributed by atoms with van der Waals surface area (Å²) in [6.45, 7) is 10.0. The average Bonchev–Trinajstić information content (AvgIpc) is 2.51. The summed E-state index contributed by atoms with van der Waals surface area (Å²) < 4.78 is 44.6. The monoisotopic (exact) mass is 418 g/mol. The molecule has 0 saturated heterocycles. The Labute approximate surface area is 195 Å². The Bertz CT molecular complexity index is 637. The Morgan fingerprint density at radius 2 is 1.35 bits per heavy atom. The van der Waals surface area contributed by atoms with Crippen LogP contribution in [-0.4, -0.2) is 101 Å². The zero-order valence-electron chi connectivity index (χ0n) is 14.4. The van der Waals surface area contributed by atoms with Gasteiger partial charge in [-0.3, -0.25) is 9.35 Å². The van der Waals surface area contributed by atoms with Gasteiger partial charge in [0.15, 0.2) is 0 Å². The van der Waals surface area contributed by atoms with Crippen LogP contribution in [0.3, 0.4) is 0 Å². The molecule has 0 unspecified atom stereocenters. The topological polar surface area (TPSA) is 133 Å². The predicted molar refractivity (Wildman–Crippen MR) is 93.9 cm³/mol. The SMILES string of the molecule is C=C(C)C(=O)OCC(CC)(COC(=O)C(=C)C)C(=O)OCS(=O)(=O)O.[KH]. The second kappa shape index (κ2) is 12.0. The van der Waals surface area contributed by atoms with Crippen molar-refractivity contribution in [3.63, 3.8) is 0 Å². The summed E-state index contributed by atoms with van der Waals surface area (Å²) in [7, 11) is -4.56. The van der Waals surface area contributed by atoms with Gasteiger partial charge in [-0.1, -0.05) is 20.1 Å². The Morgan fingerprint density at radius 1 is 0.962 bits per heavy atom. The molecule has 0 saturated carbocycles. The molecule has 0 aliphatic heterocycles. The number of carbonyl (C=O) groups is 3. The molecule has 0 aliphatic carbocycles. The zero-order valence-corrected chi connectivity index (χ0v) is 15.2. The molecule has 0 atom stereocenters. The normalized spacial score (nSPS) is 10.9. The van der Waals surface area contributed by atoms with Crippen molar-refractivity contribution >= 4 is 79.4 Å². The van der Waals surface area contributed by atoms with Gasteiger partial charge in [0.2, 0.25) is 5.94 Å². The summed E-state index contributed by atoms with van der Waals surface area (Å²) in [5, 5.41) is 0. The van der Waals surface area contributed by atoms with E-state index >= 15 is 0 Å². The third-order valence-electron chi connectivity index (χ3n) is 3.10. The van der Waals surface area contributed by atoms with Crippen LogP contribution in [0.25, 0.3) is 0 Å². The molecule has 0 aromatic carbocycles. The molecule has 0 bridgehead atoms. The van der Waals surface area contributed by atoms with E-state index in [1.807, 2.05) is 0 Å². The van der Waals surface area contributed by atoms with Crippen LogP contribution in [0.4, 0.5) is 0 Å². The second-order valence-corrected chi connectivity index (χ2v) is 6.88. The van der Waals surface area contributed by atoms with Crippen molar-refractivity contribution in [1.82, 2.24) is 0 Å². The standard InChI is InChI=1S/C15H22O9S.K.H/c1-6-15(7-22-12(16)10(2)3,8-23-13(17)11(4)5)14(18)24-9-25(19,20)21;;/h2,4,6-9H2,1,3,5H3,(H,19,20,21);;. The van der Waals surface area contributed by atoms with E-state index in [-0.39, 0.29) is 69.0 Å². The van der Waals surface area contributed by atoms with Gasteiger partial charge in [-0.25, -0.2) is 9.59 Å². The van der Waals surface area contributed by atoms with Gasteiger partial charge in [-0.15, -0.1) is 0 Å². The predicted octanol–water partition coefficient (Wildman–Crippen LogP) is 0.361. The van der Waals surface area contributed by atoms with Crippen LogP contribution < -0.4 is 0 Å². The Morgan fingerprint density at radius 3 is 1.62 bits per heavy atom. The first-order chi connectivity index (χ1) is 11.3. The van der Waals surface area contributed by atoms with Gasteiger partial charge in [-0.2, -0.15) is 8.42 Å². The molecular formula is C15H23KO9S. The second-order valence-electron chi connectivity index (χ2n) is 5.48. The van der Waals surface area contributed by atoms with Crippen molar-refractivity contribution in [3.8, 4) is 0 Å². The molecule has 0 aromatic rings. The van der Waals surface area contributed by atoms with Crippen molar-refractivity contribution in [2.45, 2.75) is 27.2 Å². The molecular weight excluding hydrogens is 395 g/mol. The number of hydrogen-bond donors (Lipinski definition) is 1. The fourth-order valence-electron chi connectivity index (χ4n) is 1.44. The zero-order chi connectivity index (χ0) is 19.8. The van der Waals surface area contributed by atoms with Gasteiger partial charge in [0, 0.05) is 11.1 Å². The summed E-state index contributed by atoms with van der Waals surface area (Å²) >= 11 is 0. The molecule has 0 aromatic heterocycles. The molecule has 144 valence electrons. The molecule has 26 heavy (non-hydrogen) atoms. The maximum atomic E-state index is 12.3. The van der Waals surface area contributed by atoms with Crippen LogP contribution in [0, 0.1) is 5.41 Å². The fourth-order valence-corrected chi connectivity index (χ4v) is 1.70. The molecule has 0 rings (SSSR count). The van der Waals surface area contributed by atoms with Crippen LogP contribution in [0.15, 0.2) is 24.3 Å². The number of carbonyl (C=O) groups excluding carboxylic acids is 3. The minimum atomic E-state index is -4.56. The van der Waals surface area contributed by atoms with E-state index in [1.165, 1.54) is 20.8 Å². The van der Waals surface area contributed by atoms with Gasteiger partial charge in [0.25, 0.3) is 0 Å². The van der Waals surface area contributed by atoms with E-state index in [1.54, 1.807) is 0 Å². The van der Waals surface area contributed by atoms with Gasteiger partial charge in [-0.05, 0) is 20.3 Å². The number of ether oxygens (including phenoxy) is 3. The van der Waals surface area contributed by atoms with E-state index in [4.69, 9.17) is 14.0 Å². The van der Waals surface area contributed by atoms with E-state index in [0.717, 1.165) is 0 Å². The molecule has 0 fully saturated rings. The van der Waals surface area contributed by atoms with E-state index in [0.29, 0.717) is 0 Å². The minimum absolute atomic E-state index is 0. The summed E-state index contributed by atoms with van der Waals surface area (Å²) in [5.41, 5.74) is -1.49. The van der Waals surface area contributed by atoms with Crippen molar-refractivity contribution in [2.24, 2.45) is 5.41 Å². The summed E-state index contributed by atoms with van der Waals surface area (Å²) in [6.07, 6.45) is -0.00967. The molecule has 1 N–H and O–H groups in total. The fraction of sp³-hybridized carbons (Fsp3) is 0.533. The number of rotatable bonds is 10. The maximum absolute atomic E-state index is 12.3. The Hall–Kier alpha value is -0.564. The van der Waals surface area contributed by atoms with E-state index in [9.17, 15) is 22.8 Å². The van der Waals surface area contributed by atoms with Crippen LogP contribution in [0.5, 0.6) is 0 Å². The molecule has 0 heterocycles. The molecule has 0 radical (unpaired) electrons. The first-order valence-corrected chi connectivity index (χ1v) is 8.73. The molecule has 9 nitrogen and oxygen atoms in total. The quantitative estimate of drug-likeness (QED) is 0.175. The molecule has 11 heteroatoms. The molecule has 0 aliphatic rings. The van der Waals surface area contributed by atoms with Crippen molar-refractivity contribution < 1.29 is 41.6 Å². The van der Waals surface area contributed by atoms with E-state index < -0.39 is 52.6 Å². The van der Waals surface area contributed by atoms with Crippen LogP contribution in [0.2, 0.25) is 0 Å². The van der Waals surface area contributed by atoms with Crippen LogP contribution in [0.1, 0.15) is 27.2 Å². The van der Waals surface area contributed by atoms with Crippen LogP contribution >= 0.6 is 0 Å². The van der Waals surface area contributed by atoms with Gasteiger partial charge in [0.1, 0.15) is 18.6 Å². The van der Waals surface area contributed by atoms with Gasteiger partial charge in [0.05, 0.1) is 0 Å². The van der Waals surface area contributed by atoms with Gasteiger partial charge >= 0.3 is 79.4 Å². The third kappa shape index (κ3) is 9.95. The number of esters is 3. The third-order valence-corrected chi connectivity index (χ3v) is 3.52. The van der Waals surface area contributed by atoms with Crippen molar-refractivity contribution in [1.29, 1.82) is 0 Å².